The zero-order valence-corrected chi connectivity index (χ0v) is 30.0. The van der Waals surface area contributed by atoms with Gasteiger partial charge in [0.15, 0.2) is 17.5 Å². The van der Waals surface area contributed by atoms with Crippen LogP contribution in [0.15, 0.2) is 186 Å². The summed E-state index contributed by atoms with van der Waals surface area (Å²) in [5.41, 5.74) is 10.3. The average molecular weight is 715 g/mol. The summed E-state index contributed by atoms with van der Waals surface area (Å²) in [6.45, 7) is 0. The van der Waals surface area contributed by atoms with Gasteiger partial charge in [-0.25, -0.2) is 15.0 Å². The molecule has 260 valence electrons. The van der Waals surface area contributed by atoms with Gasteiger partial charge in [0.05, 0.1) is 17.1 Å². The molecule has 2 aromatic heterocycles. The number of fused-ring (bicyclic) bond motifs is 7. The second-order valence-corrected chi connectivity index (χ2v) is 14.4. The number of furan rings is 1. The first kappa shape index (κ1) is 30.8. The molecule has 0 radical (unpaired) electrons. The smallest absolute Gasteiger partial charge is 0.164 e. The summed E-state index contributed by atoms with van der Waals surface area (Å²) >= 11 is 0. The normalized spacial score (nSPS) is 12.2. The molecule has 56 heavy (non-hydrogen) atoms. The van der Waals surface area contributed by atoms with Gasteiger partial charge in [-0.15, -0.1) is 0 Å². The molecule has 3 heterocycles. The Bertz CT molecular complexity index is 3380. The largest absolute Gasteiger partial charge is 0.456 e. The molecule has 9 aromatic carbocycles. The Morgan fingerprint density at radius 3 is 1.86 bits per heavy atom. The maximum Gasteiger partial charge on any atom is 0.164 e. The summed E-state index contributed by atoms with van der Waals surface area (Å²) in [6.07, 6.45) is 0. The first-order valence-corrected chi connectivity index (χ1v) is 18.9. The van der Waals surface area contributed by atoms with Crippen LogP contribution in [-0.2, 0) is 0 Å². The van der Waals surface area contributed by atoms with E-state index in [-0.39, 0.29) is 0 Å². The highest BCUT2D eigenvalue weighted by Gasteiger charge is 2.28. The Labute approximate surface area is 321 Å². The third-order valence-electron chi connectivity index (χ3n) is 11.2. The molecule has 1 aliphatic heterocycles. The minimum Gasteiger partial charge on any atom is -0.456 e. The van der Waals surface area contributed by atoms with E-state index >= 15 is 0 Å². The minimum atomic E-state index is 0.606. The molecular weight excluding hydrogens is 685 g/mol. The summed E-state index contributed by atoms with van der Waals surface area (Å²) in [5.74, 6) is 1.84. The van der Waals surface area contributed by atoms with Gasteiger partial charge in [-0.2, -0.15) is 0 Å². The number of para-hydroxylation sites is 1. The van der Waals surface area contributed by atoms with Crippen molar-refractivity contribution in [3.05, 3.63) is 182 Å². The van der Waals surface area contributed by atoms with Crippen LogP contribution < -0.4 is 4.90 Å². The van der Waals surface area contributed by atoms with Crippen molar-refractivity contribution in [2.75, 3.05) is 4.90 Å². The van der Waals surface area contributed by atoms with E-state index in [0.717, 1.165) is 66.5 Å². The molecule has 11 aromatic rings. The van der Waals surface area contributed by atoms with E-state index in [4.69, 9.17) is 19.4 Å². The maximum absolute atomic E-state index is 6.16. The van der Waals surface area contributed by atoms with Crippen LogP contribution in [0.5, 0.6) is 0 Å². The number of benzene rings is 9. The Hall–Kier alpha value is -7.63. The molecule has 1 aliphatic rings. The number of hydrogen-bond acceptors (Lipinski definition) is 5. The predicted molar refractivity (Wildman–Crippen MR) is 230 cm³/mol. The van der Waals surface area contributed by atoms with Crippen LogP contribution in [0.25, 0.3) is 99.5 Å². The molecule has 12 rings (SSSR count). The molecular formula is C51H30N4O. The SMILES string of the molecule is c1ccc(-c2nc(-c3ccc4oc5ccccc5c4c3)nc(-c3cccc4c(N5c6cc7ccccc7cc6-c6cccc7cccc5c67)cccc34)n2)cc1. The van der Waals surface area contributed by atoms with Gasteiger partial charge in [-0.05, 0) is 75.6 Å². The Morgan fingerprint density at radius 1 is 0.339 bits per heavy atom. The van der Waals surface area contributed by atoms with Crippen molar-refractivity contribution in [1.82, 2.24) is 15.0 Å². The first-order valence-electron chi connectivity index (χ1n) is 18.9. The Kier molecular flexibility index (Phi) is 6.56. The van der Waals surface area contributed by atoms with E-state index in [1.165, 1.54) is 32.7 Å². The van der Waals surface area contributed by atoms with Crippen molar-refractivity contribution in [1.29, 1.82) is 0 Å². The van der Waals surface area contributed by atoms with E-state index in [0.29, 0.717) is 17.5 Å². The number of nitrogens with zero attached hydrogens (tertiary/aromatic N) is 4. The van der Waals surface area contributed by atoms with Gasteiger partial charge in [0.1, 0.15) is 11.2 Å². The van der Waals surface area contributed by atoms with Crippen LogP contribution in [0.1, 0.15) is 0 Å². The lowest BCUT2D eigenvalue weighted by Crippen LogP contribution is -2.15. The monoisotopic (exact) mass is 714 g/mol. The summed E-state index contributed by atoms with van der Waals surface area (Å²) in [5, 5.41) is 9.16. The fourth-order valence-corrected chi connectivity index (χ4v) is 8.64. The molecule has 0 N–H and O–H groups in total. The number of rotatable bonds is 4. The Balaban J connectivity index is 1.09. The van der Waals surface area contributed by atoms with Crippen LogP contribution in [0.2, 0.25) is 0 Å². The van der Waals surface area contributed by atoms with Gasteiger partial charge >= 0.3 is 0 Å². The van der Waals surface area contributed by atoms with E-state index in [2.05, 4.69) is 126 Å². The van der Waals surface area contributed by atoms with E-state index in [1.54, 1.807) is 0 Å². The Morgan fingerprint density at radius 2 is 0.964 bits per heavy atom. The van der Waals surface area contributed by atoms with E-state index < -0.39 is 0 Å². The summed E-state index contributed by atoms with van der Waals surface area (Å²) in [4.78, 5) is 17.9. The molecule has 0 atom stereocenters. The molecule has 0 saturated heterocycles. The number of aromatic nitrogens is 3. The fourth-order valence-electron chi connectivity index (χ4n) is 8.64. The highest BCUT2D eigenvalue weighted by molar-refractivity contribution is 6.18. The minimum absolute atomic E-state index is 0.606. The number of hydrogen-bond donors (Lipinski definition) is 0. The first-order chi connectivity index (χ1) is 27.7. The molecule has 0 aliphatic carbocycles. The lowest BCUT2D eigenvalue weighted by atomic mass is 9.88. The third kappa shape index (κ3) is 4.64. The highest BCUT2D eigenvalue weighted by atomic mass is 16.3. The van der Waals surface area contributed by atoms with Crippen LogP contribution in [0.3, 0.4) is 0 Å². The van der Waals surface area contributed by atoms with Gasteiger partial charge in [0, 0.05) is 43.8 Å². The van der Waals surface area contributed by atoms with Crippen LogP contribution in [-0.4, -0.2) is 15.0 Å². The lowest BCUT2D eigenvalue weighted by molar-refractivity contribution is 0.669. The quantitative estimate of drug-likeness (QED) is 0.182. The molecule has 0 saturated carbocycles. The van der Waals surface area contributed by atoms with E-state index in [9.17, 15) is 0 Å². The van der Waals surface area contributed by atoms with Crippen molar-refractivity contribution in [2.45, 2.75) is 0 Å². The molecule has 0 spiro atoms. The maximum atomic E-state index is 6.16. The molecule has 0 fully saturated rings. The van der Waals surface area contributed by atoms with Gasteiger partial charge in [0.25, 0.3) is 0 Å². The molecule has 5 heteroatoms. The zero-order chi connectivity index (χ0) is 36.7. The van der Waals surface area contributed by atoms with Crippen molar-refractivity contribution in [3.63, 3.8) is 0 Å². The lowest BCUT2D eigenvalue weighted by Gasteiger charge is -2.34. The van der Waals surface area contributed by atoms with Gasteiger partial charge in [-0.1, -0.05) is 133 Å². The highest BCUT2D eigenvalue weighted by Crippen LogP contribution is 2.53. The van der Waals surface area contributed by atoms with Crippen LogP contribution in [0.4, 0.5) is 17.1 Å². The van der Waals surface area contributed by atoms with Crippen molar-refractivity contribution < 1.29 is 4.42 Å². The second kappa shape index (κ2) is 11.9. The van der Waals surface area contributed by atoms with Gasteiger partial charge in [0.2, 0.25) is 0 Å². The number of anilines is 3. The summed E-state index contributed by atoms with van der Waals surface area (Å²) in [7, 11) is 0. The summed E-state index contributed by atoms with van der Waals surface area (Å²) in [6, 6.07) is 64.1. The summed E-state index contributed by atoms with van der Waals surface area (Å²) < 4.78 is 6.16. The van der Waals surface area contributed by atoms with Crippen molar-refractivity contribution >= 4 is 71.3 Å². The van der Waals surface area contributed by atoms with Gasteiger partial charge in [-0.3, -0.25) is 0 Å². The van der Waals surface area contributed by atoms with E-state index in [1.807, 2.05) is 60.7 Å². The molecule has 0 amide bonds. The van der Waals surface area contributed by atoms with Gasteiger partial charge < -0.3 is 9.32 Å². The third-order valence-corrected chi connectivity index (χ3v) is 11.2. The standard InChI is InChI=1S/C51H30N4O/c1-2-12-32(13-3-1)49-52-50(35-26-27-47-42(29-35)38-18-6-7-25-46(38)56-47)54-51(53-49)40-22-10-20-37-36(40)19-11-23-43(37)55-44-24-9-17-31-16-8-21-39(48(31)44)41-28-33-14-4-5-15-34(33)30-45(41)55/h1-30H. The topological polar surface area (TPSA) is 55.1 Å². The van der Waals surface area contributed by atoms with Crippen molar-refractivity contribution in [2.24, 2.45) is 0 Å². The molecule has 0 unspecified atom stereocenters. The molecule has 5 nitrogen and oxygen atoms in total. The predicted octanol–water partition coefficient (Wildman–Crippen LogP) is 13.7. The van der Waals surface area contributed by atoms with Crippen LogP contribution >= 0.6 is 0 Å². The second-order valence-electron chi connectivity index (χ2n) is 14.4. The zero-order valence-electron chi connectivity index (χ0n) is 30.0. The van der Waals surface area contributed by atoms with Crippen molar-refractivity contribution in [3.8, 4) is 45.3 Å². The average Bonchev–Trinajstić information content (AvgIpc) is 3.64. The van der Waals surface area contributed by atoms with Crippen LogP contribution in [0, 0.1) is 0 Å². The fraction of sp³-hybridized carbons (Fsp3) is 0. The molecule has 0 bridgehead atoms.